The summed E-state index contributed by atoms with van der Waals surface area (Å²) in [6, 6.07) is -1.07. The fraction of sp³-hybridized carbons (Fsp3) is 0.455. The van der Waals surface area contributed by atoms with E-state index in [9.17, 15) is 23.1 Å². The molecule has 6 nitrogen and oxygen atoms in total. The molecule has 2 rings (SSSR count). The summed E-state index contributed by atoms with van der Waals surface area (Å²) in [4.78, 5) is 16.0. The Morgan fingerprint density at radius 3 is 2.52 bits per heavy atom. The molecule has 0 unspecified atom stereocenters. The molecular weight excluding hydrogens is 292 g/mol. The van der Waals surface area contributed by atoms with Crippen LogP contribution in [-0.4, -0.2) is 57.3 Å². The first-order chi connectivity index (χ1) is 9.57. The van der Waals surface area contributed by atoms with Crippen molar-refractivity contribution in [3.05, 3.63) is 24.0 Å². The minimum Gasteiger partial charge on any atom is -0.423 e. The number of hydrogen-bond donors (Lipinski definition) is 3. The maximum atomic E-state index is 12.9. The van der Waals surface area contributed by atoms with E-state index in [-0.39, 0.29) is 11.0 Å². The molecule has 0 radical (unpaired) electrons. The molecule has 1 aliphatic heterocycles. The molecule has 10 heteroatoms. The molecule has 0 saturated carbocycles. The van der Waals surface area contributed by atoms with E-state index < -0.39 is 37.3 Å². The van der Waals surface area contributed by atoms with Crippen LogP contribution in [-0.2, 0) is 10.4 Å². The van der Waals surface area contributed by atoms with Crippen LogP contribution in [0.5, 0.6) is 0 Å². The van der Waals surface area contributed by atoms with Crippen LogP contribution in [0.15, 0.2) is 18.5 Å². The van der Waals surface area contributed by atoms with Crippen molar-refractivity contribution in [2.45, 2.75) is 24.2 Å². The van der Waals surface area contributed by atoms with E-state index in [1.807, 2.05) is 0 Å². The van der Waals surface area contributed by atoms with Crippen LogP contribution < -0.4 is 5.46 Å². The number of hydrogen-bond acceptors (Lipinski definition) is 5. The molecule has 1 aromatic heterocycles. The van der Waals surface area contributed by atoms with Crippen molar-refractivity contribution in [1.29, 1.82) is 0 Å². The van der Waals surface area contributed by atoms with Gasteiger partial charge in [-0.2, -0.15) is 13.2 Å². The highest BCUT2D eigenvalue weighted by Gasteiger charge is 2.59. The van der Waals surface area contributed by atoms with Gasteiger partial charge >= 0.3 is 13.3 Å². The monoisotopic (exact) mass is 304 g/mol. The van der Waals surface area contributed by atoms with Gasteiger partial charge in [0.25, 0.3) is 5.91 Å². The highest BCUT2D eigenvalue weighted by atomic mass is 19.4. The SMILES string of the molecule is CN1C(=O)[C@@](O)(c2cncc(B(O)O)c2)C[C@H]1C(F)(F)F. The van der Waals surface area contributed by atoms with Gasteiger partial charge in [-0.05, 0) is 0 Å². The lowest BCUT2D eigenvalue weighted by Crippen LogP contribution is -2.41. The van der Waals surface area contributed by atoms with Crippen molar-refractivity contribution >= 4 is 18.5 Å². The fourth-order valence-corrected chi connectivity index (χ4v) is 2.34. The Morgan fingerprint density at radius 1 is 1.43 bits per heavy atom. The lowest BCUT2D eigenvalue weighted by atomic mass is 9.79. The average Bonchev–Trinajstić information content (AvgIpc) is 2.64. The molecule has 1 fully saturated rings. The van der Waals surface area contributed by atoms with Gasteiger partial charge in [0, 0.05) is 36.9 Å². The summed E-state index contributed by atoms with van der Waals surface area (Å²) in [5.74, 6) is -1.11. The molecule has 1 aromatic rings. The zero-order chi connectivity index (χ0) is 16.0. The number of halogens is 3. The molecule has 0 aliphatic carbocycles. The first kappa shape index (κ1) is 15.7. The largest absolute Gasteiger partial charge is 0.490 e. The lowest BCUT2D eigenvalue weighted by Gasteiger charge is -2.21. The molecule has 2 heterocycles. The lowest BCUT2D eigenvalue weighted by molar-refractivity contribution is -0.177. The molecule has 3 N–H and O–H groups in total. The molecule has 1 aliphatic rings. The molecule has 1 amide bonds. The molecule has 1 saturated heterocycles. The fourth-order valence-electron chi connectivity index (χ4n) is 2.34. The van der Waals surface area contributed by atoms with Crippen molar-refractivity contribution in [3.63, 3.8) is 0 Å². The zero-order valence-corrected chi connectivity index (χ0v) is 10.9. The van der Waals surface area contributed by atoms with Crippen LogP contribution in [0, 0.1) is 0 Å². The molecule has 2 atom stereocenters. The summed E-state index contributed by atoms with van der Waals surface area (Å²) in [6.45, 7) is 0. The van der Waals surface area contributed by atoms with E-state index in [4.69, 9.17) is 10.0 Å². The number of likely N-dealkylation sites (N-methyl/N-ethyl adjacent to an activating group) is 1. The molecule has 0 bridgehead atoms. The summed E-state index contributed by atoms with van der Waals surface area (Å²) in [7, 11) is -0.954. The third-order valence-electron chi connectivity index (χ3n) is 3.54. The van der Waals surface area contributed by atoms with E-state index in [1.54, 1.807) is 0 Å². The number of carbonyl (C=O) groups is 1. The Balaban J connectivity index is 2.43. The van der Waals surface area contributed by atoms with Gasteiger partial charge in [0.2, 0.25) is 0 Å². The van der Waals surface area contributed by atoms with Gasteiger partial charge in [0.15, 0.2) is 5.60 Å². The van der Waals surface area contributed by atoms with Crippen LogP contribution in [0.1, 0.15) is 12.0 Å². The highest BCUT2D eigenvalue weighted by molar-refractivity contribution is 6.58. The number of nitrogens with zero attached hydrogens (tertiary/aromatic N) is 2. The summed E-state index contributed by atoms with van der Waals surface area (Å²) >= 11 is 0. The number of pyridine rings is 1. The van der Waals surface area contributed by atoms with E-state index in [1.165, 1.54) is 0 Å². The van der Waals surface area contributed by atoms with Gasteiger partial charge in [-0.15, -0.1) is 0 Å². The Hall–Kier alpha value is -1.65. The second kappa shape index (κ2) is 4.97. The third-order valence-corrected chi connectivity index (χ3v) is 3.54. The van der Waals surface area contributed by atoms with Crippen molar-refractivity contribution < 1.29 is 33.1 Å². The maximum absolute atomic E-state index is 12.9. The van der Waals surface area contributed by atoms with Gasteiger partial charge < -0.3 is 20.1 Å². The number of carbonyl (C=O) groups excluding carboxylic acids is 1. The van der Waals surface area contributed by atoms with Gasteiger partial charge in [-0.3, -0.25) is 9.78 Å². The van der Waals surface area contributed by atoms with Crippen molar-refractivity contribution in [2.75, 3.05) is 7.05 Å². The Bertz CT molecular complexity index is 569. The smallest absolute Gasteiger partial charge is 0.423 e. The summed E-state index contributed by atoms with van der Waals surface area (Å²) in [5, 5.41) is 28.4. The molecule has 114 valence electrons. The number of amides is 1. The second-order valence-corrected chi connectivity index (χ2v) is 4.92. The predicted molar refractivity (Wildman–Crippen MR) is 65.2 cm³/mol. The number of aromatic nitrogens is 1. The summed E-state index contributed by atoms with van der Waals surface area (Å²) in [6.07, 6.45) is -3.45. The van der Waals surface area contributed by atoms with E-state index in [0.29, 0.717) is 4.90 Å². The van der Waals surface area contributed by atoms with Crippen LogP contribution in [0.4, 0.5) is 13.2 Å². The summed E-state index contributed by atoms with van der Waals surface area (Å²) in [5.41, 5.74) is -2.74. The molecule has 0 spiro atoms. The van der Waals surface area contributed by atoms with Crippen LogP contribution >= 0.6 is 0 Å². The Morgan fingerprint density at radius 2 is 2.05 bits per heavy atom. The van der Waals surface area contributed by atoms with Crippen molar-refractivity contribution in [1.82, 2.24) is 9.88 Å². The van der Waals surface area contributed by atoms with Gasteiger partial charge in [-0.25, -0.2) is 0 Å². The number of alkyl halides is 3. The Kier molecular flexibility index (Phi) is 3.72. The van der Waals surface area contributed by atoms with E-state index >= 15 is 0 Å². The van der Waals surface area contributed by atoms with Crippen molar-refractivity contribution in [2.24, 2.45) is 0 Å². The van der Waals surface area contributed by atoms with E-state index in [0.717, 1.165) is 25.5 Å². The Labute approximate surface area is 118 Å². The average molecular weight is 304 g/mol. The molecule has 0 aromatic carbocycles. The predicted octanol–water partition coefficient (Wildman–Crippen LogP) is -1.26. The van der Waals surface area contributed by atoms with Gasteiger partial charge in [0.05, 0.1) is 0 Å². The molecule has 21 heavy (non-hydrogen) atoms. The standard InChI is InChI=1S/C11H12BF3N2O4/c1-17-8(11(13,14)15)3-10(19,9(17)18)6-2-7(12(20)21)5-16-4-6/h2,4-5,8,19-21H,3H2,1H3/t8-,10-/m0/s1. The number of likely N-dealkylation sites (tertiary alicyclic amines) is 1. The normalized spacial score (nSPS) is 26.3. The maximum Gasteiger partial charge on any atom is 0.490 e. The number of aliphatic hydroxyl groups is 1. The van der Waals surface area contributed by atoms with Crippen LogP contribution in [0.3, 0.4) is 0 Å². The minimum absolute atomic E-state index is 0.133. The van der Waals surface area contributed by atoms with Crippen molar-refractivity contribution in [3.8, 4) is 0 Å². The minimum atomic E-state index is -4.67. The number of rotatable bonds is 2. The second-order valence-electron chi connectivity index (χ2n) is 4.92. The highest BCUT2D eigenvalue weighted by Crippen LogP contribution is 2.42. The first-order valence-electron chi connectivity index (χ1n) is 5.95. The third kappa shape index (κ3) is 2.61. The van der Waals surface area contributed by atoms with Gasteiger partial charge in [0.1, 0.15) is 6.04 Å². The zero-order valence-electron chi connectivity index (χ0n) is 10.9. The van der Waals surface area contributed by atoms with Crippen LogP contribution in [0.2, 0.25) is 0 Å². The topological polar surface area (TPSA) is 93.9 Å². The quantitative estimate of drug-likeness (QED) is 0.593. The van der Waals surface area contributed by atoms with Crippen LogP contribution in [0.25, 0.3) is 0 Å². The van der Waals surface area contributed by atoms with E-state index in [2.05, 4.69) is 4.98 Å². The summed E-state index contributed by atoms with van der Waals surface area (Å²) < 4.78 is 38.6. The molecular formula is C11H12BF3N2O4. The first-order valence-corrected chi connectivity index (χ1v) is 5.95. The van der Waals surface area contributed by atoms with Gasteiger partial charge in [-0.1, -0.05) is 6.07 Å².